The van der Waals surface area contributed by atoms with E-state index in [0.29, 0.717) is 5.92 Å². The van der Waals surface area contributed by atoms with Crippen LogP contribution in [0.3, 0.4) is 0 Å². The number of nitrogens with zero attached hydrogens (tertiary/aromatic N) is 2. The summed E-state index contributed by atoms with van der Waals surface area (Å²) in [7, 11) is 4.05. The molecule has 0 heterocycles. The molecule has 0 bridgehead atoms. The Hall–Kier alpha value is -0.530. The minimum Gasteiger partial charge on any atom is -0.303 e. The number of hydrazone groups is 1. The van der Waals surface area contributed by atoms with Crippen LogP contribution in [0, 0.1) is 17.8 Å². The molecule has 2 heteroatoms. The van der Waals surface area contributed by atoms with Crippen molar-refractivity contribution in [1.82, 2.24) is 5.01 Å². The van der Waals surface area contributed by atoms with Gasteiger partial charge in [-0.1, -0.05) is 40.0 Å². The molecule has 0 unspecified atom stereocenters. The van der Waals surface area contributed by atoms with Crippen molar-refractivity contribution in [3.05, 3.63) is 0 Å². The van der Waals surface area contributed by atoms with Gasteiger partial charge in [-0.25, -0.2) is 0 Å². The zero-order valence-electron chi connectivity index (χ0n) is 11.0. The largest absolute Gasteiger partial charge is 0.303 e. The summed E-state index contributed by atoms with van der Waals surface area (Å²) in [5, 5.41) is 6.66. The van der Waals surface area contributed by atoms with E-state index in [-0.39, 0.29) is 0 Å². The third-order valence-corrected chi connectivity index (χ3v) is 3.40. The van der Waals surface area contributed by atoms with Crippen molar-refractivity contribution >= 4 is 5.71 Å². The van der Waals surface area contributed by atoms with Crippen molar-refractivity contribution in [3.63, 3.8) is 0 Å². The molecule has 1 fully saturated rings. The van der Waals surface area contributed by atoms with Crippen molar-refractivity contribution in [2.45, 2.75) is 46.5 Å². The average molecular weight is 210 g/mol. The van der Waals surface area contributed by atoms with E-state index < -0.39 is 0 Å². The van der Waals surface area contributed by atoms with Gasteiger partial charge in [0.25, 0.3) is 0 Å². The lowest BCUT2D eigenvalue weighted by atomic mass is 9.75. The van der Waals surface area contributed by atoms with Crippen molar-refractivity contribution in [2.75, 3.05) is 14.1 Å². The van der Waals surface area contributed by atoms with Gasteiger partial charge in [0.2, 0.25) is 0 Å². The molecule has 1 aliphatic carbocycles. The third kappa shape index (κ3) is 3.51. The highest BCUT2D eigenvalue weighted by atomic mass is 15.4. The molecular formula is C13H26N2. The first-order valence-electron chi connectivity index (χ1n) is 6.28. The molecule has 1 rings (SSSR count). The molecular weight excluding hydrogens is 184 g/mol. The van der Waals surface area contributed by atoms with Crippen LogP contribution in [-0.4, -0.2) is 24.8 Å². The molecule has 88 valence electrons. The number of rotatable bonds is 3. The lowest BCUT2D eigenvalue weighted by molar-refractivity contribution is 0.310. The van der Waals surface area contributed by atoms with Crippen LogP contribution in [0.25, 0.3) is 0 Å². The standard InChI is InChI=1S/C13H26N2/c1-10(2)13(14-15(4)5)12-9-7-6-8-11(12)3/h10-12H,6-9H2,1-5H3/b14-13+/t11-,12+/m0/s1. The fourth-order valence-electron chi connectivity index (χ4n) is 2.60. The summed E-state index contributed by atoms with van der Waals surface area (Å²) in [6.07, 6.45) is 5.51. The molecule has 1 saturated carbocycles. The molecule has 0 radical (unpaired) electrons. The van der Waals surface area contributed by atoms with Crippen LogP contribution in [0.15, 0.2) is 5.10 Å². The topological polar surface area (TPSA) is 15.6 Å². The molecule has 0 spiro atoms. The van der Waals surface area contributed by atoms with E-state index in [9.17, 15) is 0 Å². The second kappa shape index (κ2) is 5.53. The van der Waals surface area contributed by atoms with Crippen molar-refractivity contribution in [3.8, 4) is 0 Å². The molecule has 0 saturated heterocycles. The number of hydrogen-bond acceptors (Lipinski definition) is 2. The van der Waals surface area contributed by atoms with Crippen molar-refractivity contribution in [2.24, 2.45) is 22.9 Å². The van der Waals surface area contributed by atoms with Gasteiger partial charge in [-0.15, -0.1) is 0 Å². The molecule has 0 N–H and O–H groups in total. The molecule has 0 aromatic rings. The maximum atomic E-state index is 4.70. The SMILES string of the molecule is CC(C)/C(=N\N(C)C)[C@@H]1CCCC[C@@H]1C. The molecule has 2 atom stereocenters. The van der Waals surface area contributed by atoms with Crippen LogP contribution in [0.4, 0.5) is 0 Å². The van der Waals surface area contributed by atoms with E-state index in [0.717, 1.165) is 11.8 Å². The summed E-state index contributed by atoms with van der Waals surface area (Å²) in [4.78, 5) is 0. The quantitative estimate of drug-likeness (QED) is 0.515. The van der Waals surface area contributed by atoms with Crippen LogP contribution in [0.5, 0.6) is 0 Å². The maximum absolute atomic E-state index is 4.70. The smallest absolute Gasteiger partial charge is 0.0439 e. The van der Waals surface area contributed by atoms with E-state index in [2.05, 4.69) is 20.8 Å². The van der Waals surface area contributed by atoms with E-state index in [1.165, 1.54) is 31.4 Å². The van der Waals surface area contributed by atoms with E-state index >= 15 is 0 Å². The predicted molar refractivity (Wildman–Crippen MR) is 67.1 cm³/mol. The van der Waals surface area contributed by atoms with Crippen LogP contribution in [0.1, 0.15) is 46.5 Å². The molecule has 0 aliphatic heterocycles. The fraction of sp³-hybridized carbons (Fsp3) is 0.923. The van der Waals surface area contributed by atoms with E-state index in [4.69, 9.17) is 5.10 Å². The molecule has 0 aromatic heterocycles. The highest BCUT2D eigenvalue weighted by Gasteiger charge is 2.27. The Morgan fingerprint density at radius 3 is 2.27 bits per heavy atom. The summed E-state index contributed by atoms with van der Waals surface area (Å²) < 4.78 is 0. The van der Waals surface area contributed by atoms with Gasteiger partial charge in [-0.05, 0) is 18.3 Å². The Morgan fingerprint density at radius 1 is 1.20 bits per heavy atom. The number of hydrogen-bond donors (Lipinski definition) is 0. The Balaban J connectivity index is 2.78. The molecule has 0 amide bonds. The van der Waals surface area contributed by atoms with Crippen molar-refractivity contribution in [1.29, 1.82) is 0 Å². The van der Waals surface area contributed by atoms with Gasteiger partial charge >= 0.3 is 0 Å². The molecule has 0 aromatic carbocycles. The Labute approximate surface area is 94.7 Å². The van der Waals surface area contributed by atoms with Gasteiger partial charge in [0.15, 0.2) is 0 Å². The summed E-state index contributed by atoms with van der Waals surface area (Å²) in [5.41, 5.74) is 1.41. The normalized spacial score (nSPS) is 28.3. The van der Waals surface area contributed by atoms with Gasteiger partial charge in [0, 0.05) is 25.7 Å². The summed E-state index contributed by atoms with van der Waals surface area (Å²) in [5.74, 6) is 2.12. The van der Waals surface area contributed by atoms with Crippen LogP contribution >= 0.6 is 0 Å². The lowest BCUT2D eigenvalue weighted by Crippen LogP contribution is -2.30. The highest BCUT2D eigenvalue weighted by molar-refractivity contribution is 5.88. The van der Waals surface area contributed by atoms with Gasteiger partial charge < -0.3 is 5.01 Å². The monoisotopic (exact) mass is 210 g/mol. The average Bonchev–Trinajstić information content (AvgIpc) is 2.15. The Kier molecular flexibility index (Phi) is 4.62. The lowest BCUT2D eigenvalue weighted by Gasteiger charge is -2.32. The minimum atomic E-state index is 0.581. The van der Waals surface area contributed by atoms with Gasteiger partial charge in [0.05, 0.1) is 0 Å². The van der Waals surface area contributed by atoms with Gasteiger partial charge in [-0.2, -0.15) is 5.10 Å². The second-order valence-electron chi connectivity index (χ2n) is 5.40. The van der Waals surface area contributed by atoms with Crippen LogP contribution in [-0.2, 0) is 0 Å². The first kappa shape index (κ1) is 12.5. The zero-order valence-corrected chi connectivity index (χ0v) is 11.0. The molecule has 15 heavy (non-hydrogen) atoms. The summed E-state index contributed by atoms with van der Waals surface area (Å²) >= 11 is 0. The van der Waals surface area contributed by atoms with Gasteiger partial charge in [0.1, 0.15) is 0 Å². The summed E-state index contributed by atoms with van der Waals surface area (Å²) in [6.45, 7) is 6.92. The Bertz CT molecular complexity index is 219. The Morgan fingerprint density at radius 2 is 1.80 bits per heavy atom. The van der Waals surface area contributed by atoms with E-state index in [1.54, 1.807) is 0 Å². The zero-order chi connectivity index (χ0) is 11.4. The minimum absolute atomic E-state index is 0.581. The van der Waals surface area contributed by atoms with E-state index in [1.807, 2.05) is 19.1 Å². The van der Waals surface area contributed by atoms with Gasteiger partial charge in [-0.3, -0.25) is 0 Å². The first-order chi connectivity index (χ1) is 7.02. The maximum Gasteiger partial charge on any atom is 0.0439 e. The molecule has 2 nitrogen and oxygen atoms in total. The molecule has 1 aliphatic rings. The fourth-order valence-corrected chi connectivity index (χ4v) is 2.60. The summed E-state index contributed by atoms with van der Waals surface area (Å²) in [6, 6.07) is 0. The first-order valence-corrected chi connectivity index (χ1v) is 6.28. The third-order valence-electron chi connectivity index (χ3n) is 3.40. The second-order valence-corrected chi connectivity index (χ2v) is 5.40. The van der Waals surface area contributed by atoms with Crippen molar-refractivity contribution < 1.29 is 0 Å². The highest BCUT2D eigenvalue weighted by Crippen LogP contribution is 2.32. The predicted octanol–water partition coefficient (Wildman–Crippen LogP) is 3.39. The van der Waals surface area contributed by atoms with Crippen LogP contribution < -0.4 is 0 Å². The van der Waals surface area contributed by atoms with Crippen LogP contribution in [0.2, 0.25) is 0 Å².